The smallest absolute Gasteiger partial charge is 0.122 e. The normalized spacial score (nSPS) is 11.6. The Balaban J connectivity index is 0.000000177. The van der Waals surface area contributed by atoms with E-state index in [-0.39, 0.29) is 0 Å². The highest BCUT2D eigenvalue weighted by Crippen LogP contribution is 2.23. The Labute approximate surface area is 125 Å². The molecule has 0 fully saturated rings. The second-order valence-corrected chi connectivity index (χ2v) is 4.21. The van der Waals surface area contributed by atoms with Crippen molar-refractivity contribution in [3.05, 3.63) is 65.7 Å². The van der Waals surface area contributed by atoms with Gasteiger partial charge >= 0.3 is 0 Å². The Morgan fingerprint density at radius 1 is 0.895 bits per heavy atom. The summed E-state index contributed by atoms with van der Waals surface area (Å²) < 4.78 is 5.42. The second kappa shape index (κ2) is 9.59. The van der Waals surface area contributed by atoms with Gasteiger partial charge < -0.3 is 4.74 Å². The topological polar surface area (TPSA) is 9.23 Å². The summed E-state index contributed by atoms with van der Waals surface area (Å²) in [5.41, 5.74) is 2.68. The Morgan fingerprint density at radius 3 is 2.11 bits per heavy atom. The van der Waals surface area contributed by atoms with Crippen molar-refractivity contribution in [2.24, 2.45) is 0 Å². The SMILES string of the molecule is Cc1ccccc1.S=S.c1ccc2c(c1)CCCO2. The van der Waals surface area contributed by atoms with Gasteiger partial charge in [-0.3, -0.25) is 0 Å². The zero-order chi connectivity index (χ0) is 13.9. The number of aryl methyl sites for hydroxylation is 2. The van der Waals surface area contributed by atoms with Crippen molar-refractivity contribution in [2.45, 2.75) is 19.8 Å². The van der Waals surface area contributed by atoms with Crippen LogP contribution in [-0.4, -0.2) is 6.61 Å². The van der Waals surface area contributed by atoms with Gasteiger partial charge in [-0.15, -0.1) is 0 Å². The predicted octanol–water partition coefficient (Wildman–Crippen LogP) is 4.00. The van der Waals surface area contributed by atoms with E-state index in [9.17, 15) is 0 Å². The number of benzene rings is 2. The number of hydrogen-bond acceptors (Lipinski definition) is 3. The quantitative estimate of drug-likeness (QED) is 0.726. The van der Waals surface area contributed by atoms with Gasteiger partial charge in [0.15, 0.2) is 0 Å². The lowest BCUT2D eigenvalue weighted by molar-refractivity contribution is 0.288. The van der Waals surface area contributed by atoms with Crippen LogP contribution >= 0.6 is 0 Å². The summed E-state index contributed by atoms with van der Waals surface area (Å²) in [5, 5.41) is 0. The van der Waals surface area contributed by atoms with E-state index in [1.807, 2.05) is 30.3 Å². The number of fused-ring (bicyclic) bond motifs is 1. The fourth-order valence-corrected chi connectivity index (χ4v) is 1.83. The molecular formula is C16H18OS2. The van der Waals surface area contributed by atoms with E-state index < -0.39 is 0 Å². The van der Waals surface area contributed by atoms with Crippen LogP contribution in [0.1, 0.15) is 17.5 Å². The van der Waals surface area contributed by atoms with Crippen molar-refractivity contribution < 1.29 is 4.74 Å². The number of hydrogen-bond donors (Lipinski definition) is 0. The molecule has 0 radical (unpaired) electrons. The summed E-state index contributed by atoms with van der Waals surface area (Å²) in [5.74, 6) is 1.08. The van der Waals surface area contributed by atoms with Gasteiger partial charge in [0.2, 0.25) is 0 Å². The van der Waals surface area contributed by atoms with Crippen LogP contribution in [0.2, 0.25) is 0 Å². The Hall–Kier alpha value is -1.32. The maximum absolute atomic E-state index is 5.42. The molecule has 0 saturated heterocycles. The first kappa shape index (κ1) is 15.7. The second-order valence-electron chi connectivity index (χ2n) is 4.21. The standard InChI is InChI=1S/C9H10O.C7H8.S2/c1-2-6-9-8(4-1)5-3-7-10-9;1-7-5-3-2-4-6-7;1-2/h1-2,4,6H,3,5,7H2;2-6H,1H3;. The molecule has 0 amide bonds. The third-order valence-corrected chi connectivity index (χ3v) is 2.76. The van der Waals surface area contributed by atoms with Gasteiger partial charge in [0.05, 0.1) is 6.61 Å². The molecule has 2 aromatic rings. The number of para-hydroxylation sites is 1. The highest BCUT2D eigenvalue weighted by atomic mass is 32.8. The molecule has 19 heavy (non-hydrogen) atoms. The minimum absolute atomic E-state index is 0.886. The summed E-state index contributed by atoms with van der Waals surface area (Å²) in [4.78, 5) is 0. The monoisotopic (exact) mass is 290 g/mol. The van der Waals surface area contributed by atoms with Crippen LogP contribution in [0.15, 0.2) is 54.6 Å². The molecule has 0 N–H and O–H groups in total. The van der Waals surface area contributed by atoms with Crippen molar-refractivity contribution in [3.8, 4) is 5.75 Å². The van der Waals surface area contributed by atoms with Gasteiger partial charge in [-0.25, -0.2) is 0 Å². The van der Waals surface area contributed by atoms with E-state index >= 15 is 0 Å². The molecule has 1 nitrogen and oxygen atoms in total. The van der Waals surface area contributed by atoms with E-state index in [0.717, 1.165) is 18.8 Å². The molecule has 1 aliphatic heterocycles. The van der Waals surface area contributed by atoms with Gasteiger partial charge in [0, 0.05) is 22.4 Å². The molecule has 0 saturated carbocycles. The Kier molecular flexibility index (Phi) is 7.94. The Bertz CT molecular complexity index is 446. The van der Waals surface area contributed by atoms with E-state index in [0.29, 0.717) is 0 Å². The predicted molar refractivity (Wildman–Crippen MR) is 86.2 cm³/mol. The van der Waals surface area contributed by atoms with Crippen LogP contribution in [0.5, 0.6) is 5.75 Å². The van der Waals surface area contributed by atoms with Crippen molar-refractivity contribution in [1.82, 2.24) is 0 Å². The maximum atomic E-state index is 5.42. The van der Waals surface area contributed by atoms with Crippen molar-refractivity contribution in [2.75, 3.05) is 6.61 Å². The molecule has 0 aromatic heterocycles. The highest BCUT2D eigenvalue weighted by molar-refractivity contribution is 8.07. The molecule has 0 atom stereocenters. The van der Waals surface area contributed by atoms with Gasteiger partial charge in [-0.2, -0.15) is 0 Å². The van der Waals surface area contributed by atoms with E-state index in [4.69, 9.17) is 4.74 Å². The molecular weight excluding hydrogens is 272 g/mol. The third-order valence-electron chi connectivity index (χ3n) is 2.76. The molecule has 2 aromatic carbocycles. The zero-order valence-electron chi connectivity index (χ0n) is 11.0. The lowest BCUT2D eigenvalue weighted by atomic mass is 10.1. The number of rotatable bonds is 0. The number of ether oxygens (including phenoxy) is 1. The van der Waals surface area contributed by atoms with E-state index in [1.165, 1.54) is 17.5 Å². The first-order valence-corrected chi connectivity index (χ1v) is 7.58. The fraction of sp³-hybridized carbons (Fsp3) is 0.250. The molecule has 3 heteroatoms. The molecule has 1 heterocycles. The van der Waals surface area contributed by atoms with Crippen molar-refractivity contribution >= 4 is 22.4 Å². The molecule has 0 spiro atoms. The molecule has 0 unspecified atom stereocenters. The van der Waals surface area contributed by atoms with Crippen LogP contribution in [0.4, 0.5) is 0 Å². The molecule has 3 rings (SSSR count). The largest absolute Gasteiger partial charge is 0.493 e. The summed E-state index contributed by atoms with van der Waals surface area (Å²) in [7, 11) is 0. The lowest BCUT2D eigenvalue weighted by Crippen LogP contribution is -2.07. The Morgan fingerprint density at radius 2 is 1.53 bits per heavy atom. The van der Waals surface area contributed by atoms with Crippen LogP contribution in [0.3, 0.4) is 0 Å². The van der Waals surface area contributed by atoms with Gasteiger partial charge in [-0.1, -0.05) is 54.1 Å². The average molecular weight is 290 g/mol. The van der Waals surface area contributed by atoms with Gasteiger partial charge in [-0.05, 0) is 31.4 Å². The molecule has 1 aliphatic rings. The minimum atomic E-state index is 0.886. The van der Waals surface area contributed by atoms with E-state index in [1.54, 1.807) is 0 Å². The first-order valence-electron chi connectivity index (χ1n) is 6.25. The summed E-state index contributed by atoms with van der Waals surface area (Å²) in [6.45, 7) is 2.97. The summed E-state index contributed by atoms with van der Waals surface area (Å²) >= 11 is 7.33. The average Bonchev–Trinajstić information content (AvgIpc) is 2.51. The van der Waals surface area contributed by atoms with E-state index in [2.05, 4.69) is 53.6 Å². The van der Waals surface area contributed by atoms with Gasteiger partial charge in [0.1, 0.15) is 5.75 Å². The lowest BCUT2D eigenvalue weighted by Gasteiger charge is -2.15. The maximum Gasteiger partial charge on any atom is 0.122 e. The fourth-order valence-electron chi connectivity index (χ4n) is 1.83. The van der Waals surface area contributed by atoms with Crippen molar-refractivity contribution in [1.29, 1.82) is 0 Å². The van der Waals surface area contributed by atoms with Gasteiger partial charge in [0.25, 0.3) is 0 Å². The van der Waals surface area contributed by atoms with Crippen molar-refractivity contribution in [3.63, 3.8) is 0 Å². The summed E-state index contributed by atoms with van der Waals surface area (Å²) in [6.07, 6.45) is 2.34. The van der Waals surface area contributed by atoms with Crippen LogP contribution < -0.4 is 4.74 Å². The minimum Gasteiger partial charge on any atom is -0.493 e. The first-order chi connectivity index (χ1) is 9.36. The molecule has 100 valence electrons. The van der Waals surface area contributed by atoms with Crippen LogP contribution in [0, 0.1) is 6.92 Å². The third kappa shape index (κ3) is 5.90. The van der Waals surface area contributed by atoms with Crippen LogP contribution in [-0.2, 0) is 28.8 Å². The zero-order valence-corrected chi connectivity index (χ0v) is 12.7. The highest BCUT2D eigenvalue weighted by Gasteiger charge is 2.06. The van der Waals surface area contributed by atoms with Crippen LogP contribution in [0.25, 0.3) is 0 Å². The summed E-state index contributed by atoms with van der Waals surface area (Å²) in [6, 6.07) is 18.5. The molecule has 0 bridgehead atoms. The molecule has 0 aliphatic carbocycles.